The zero-order valence-electron chi connectivity index (χ0n) is 18.2. The Balaban J connectivity index is 1.39. The summed E-state index contributed by atoms with van der Waals surface area (Å²) in [5, 5.41) is 12.3. The lowest BCUT2D eigenvalue weighted by Gasteiger charge is -2.08. The number of carbonyl (C=O) groups excluding carboxylic acids is 1. The summed E-state index contributed by atoms with van der Waals surface area (Å²) in [5.74, 6) is 0.576. The van der Waals surface area contributed by atoms with Crippen molar-refractivity contribution in [3.05, 3.63) is 96.1 Å². The average Bonchev–Trinajstić information content (AvgIpc) is 3.19. The van der Waals surface area contributed by atoms with Crippen molar-refractivity contribution >= 4 is 39.5 Å². The van der Waals surface area contributed by atoms with E-state index < -0.39 is 0 Å². The first-order valence-corrected chi connectivity index (χ1v) is 11.8. The molecule has 33 heavy (non-hydrogen) atoms. The Hall–Kier alpha value is -3.88. The standard InChI is InChI=1S/C28H21N3OS/c1-19-10-12-20(13-11-19)24-15-14-21(18-29)28(30-24)33-17-16-27(32)31-25-8-4-2-6-22(25)23-7-3-5-9-26(23)31/h2-15H,16-17H2,1H3. The Morgan fingerprint density at radius 2 is 1.55 bits per heavy atom. The molecular formula is C28H21N3OS. The molecule has 0 N–H and O–H groups in total. The molecule has 2 heterocycles. The van der Waals surface area contributed by atoms with E-state index in [0.29, 0.717) is 22.8 Å². The van der Waals surface area contributed by atoms with Crippen LogP contribution in [-0.4, -0.2) is 21.2 Å². The second-order valence-electron chi connectivity index (χ2n) is 7.89. The van der Waals surface area contributed by atoms with Gasteiger partial charge in [-0.15, -0.1) is 11.8 Å². The van der Waals surface area contributed by atoms with E-state index in [9.17, 15) is 10.1 Å². The molecule has 4 nitrogen and oxygen atoms in total. The minimum Gasteiger partial charge on any atom is -0.280 e. The largest absolute Gasteiger partial charge is 0.280 e. The minimum atomic E-state index is 0.0353. The zero-order chi connectivity index (χ0) is 22.8. The number of rotatable bonds is 5. The van der Waals surface area contributed by atoms with Gasteiger partial charge in [0.2, 0.25) is 5.91 Å². The van der Waals surface area contributed by atoms with Crippen LogP contribution >= 0.6 is 11.8 Å². The van der Waals surface area contributed by atoms with Gasteiger partial charge in [0.1, 0.15) is 11.1 Å². The van der Waals surface area contributed by atoms with Crippen LogP contribution in [0.5, 0.6) is 0 Å². The Bertz CT molecular complexity index is 1470. The fourth-order valence-corrected chi connectivity index (χ4v) is 4.96. The van der Waals surface area contributed by atoms with Gasteiger partial charge in [0.15, 0.2) is 0 Å². The lowest BCUT2D eigenvalue weighted by atomic mass is 10.1. The molecule has 0 atom stereocenters. The number of carbonyl (C=O) groups is 1. The van der Waals surface area contributed by atoms with E-state index >= 15 is 0 Å². The molecule has 2 aromatic heterocycles. The topological polar surface area (TPSA) is 58.7 Å². The van der Waals surface area contributed by atoms with Crippen molar-refractivity contribution in [3.63, 3.8) is 0 Å². The van der Waals surface area contributed by atoms with Crippen molar-refractivity contribution in [1.82, 2.24) is 9.55 Å². The van der Waals surface area contributed by atoms with Gasteiger partial charge in [-0.05, 0) is 31.2 Å². The zero-order valence-corrected chi connectivity index (χ0v) is 19.0. The molecule has 0 fully saturated rings. The van der Waals surface area contributed by atoms with Gasteiger partial charge in [-0.3, -0.25) is 9.36 Å². The quantitative estimate of drug-likeness (QED) is 0.276. The summed E-state index contributed by atoms with van der Waals surface area (Å²) in [6.45, 7) is 2.05. The number of fused-ring (bicyclic) bond motifs is 3. The summed E-state index contributed by atoms with van der Waals surface area (Å²) in [4.78, 5) is 18.0. The van der Waals surface area contributed by atoms with Gasteiger partial charge in [-0.25, -0.2) is 4.98 Å². The lowest BCUT2D eigenvalue weighted by molar-refractivity contribution is 0.0920. The summed E-state index contributed by atoms with van der Waals surface area (Å²) >= 11 is 1.45. The molecule has 0 aliphatic heterocycles. The first-order chi connectivity index (χ1) is 16.2. The second-order valence-corrected chi connectivity index (χ2v) is 8.97. The van der Waals surface area contributed by atoms with Gasteiger partial charge in [-0.1, -0.05) is 66.2 Å². The van der Waals surface area contributed by atoms with Crippen LogP contribution in [0.4, 0.5) is 0 Å². The predicted molar refractivity (Wildman–Crippen MR) is 135 cm³/mol. The van der Waals surface area contributed by atoms with E-state index in [1.165, 1.54) is 17.3 Å². The Morgan fingerprint density at radius 1 is 0.909 bits per heavy atom. The van der Waals surface area contributed by atoms with Crippen molar-refractivity contribution in [2.24, 2.45) is 0 Å². The van der Waals surface area contributed by atoms with Gasteiger partial charge in [0, 0.05) is 28.5 Å². The minimum absolute atomic E-state index is 0.0353. The van der Waals surface area contributed by atoms with Crippen molar-refractivity contribution in [2.45, 2.75) is 18.4 Å². The molecule has 0 unspecified atom stereocenters. The summed E-state index contributed by atoms with van der Waals surface area (Å²) in [5.41, 5.74) is 5.39. The highest BCUT2D eigenvalue weighted by Gasteiger charge is 2.16. The molecule has 0 radical (unpaired) electrons. The molecule has 0 spiro atoms. The van der Waals surface area contributed by atoms with Crippen LogP contribution in [0.2, 0.25) is 0 Å². The number of nitriles is 1. The highest BCUT2D eigenvalue weighted by atomic mass is 32.2. The first-order valence-electron chi connectivity index (χ1n) is 10.8. The van der Waals surface area contributed by atoms with Crippen LogP contribution in [0, 0.1) is 18.3 Å². The van der Waals surface area contributed by atoms with E-state index in [2.05, 4.69) is 18.2 Å². The van der Waals surface area contributed by atoms with Crippen molar-refractivity contribution in [1.29, 1.82) is 5.26 Å². The number of para-hydroxylation sites is 2. The normalized spacial score (nSPS) is 11.0. The van der Waals surface area contributed by atoms with Crippen LogP contribution in [0.1, 0.15) is 22.3 Å². The number of aryl methyl sites for hydroxylation is 1. The van der Waals surface area contributed by atoms with Crippen LogP contribution in [0.25, 0.3) is 33.1 Å². The highest BCUT2D eigenvalue weighted by molar-refractivity contribution is 7.99. The predicted octanol–water partition coefficient (Wildman–Crippen LogP) is 6.86. The van der Waals surface area contributed by atoms with E-state index in [4.69, 9.17) is 4.98 Å². The fraction of sp³-hybridized carbons (Fsp3) is 0.107. The maximum absolute atomic E-state index is 13.3. The van der Waals surface area contributed by atoms with Crippen LogP contribution in [0.3, 0.4) is 0 Å². The average molecular weight is 448 g/mol. The van der Waals surface area contributed by atoms with E-state index in [-0.39, 0.29) is 5.91 Å². The molecule has 0 amide bonds. The summed E-state index contributed by atoms with van der Waals surface area (Å²) < 4.78 is 1.81. The summed E-state index contributed by atoms with van der Waals surface area (Å²) in [7, 11) is 0. The third kappa shape index (κ3) is 4.02. The molecule has 0 bridgehead atoms. The van der Waals surface area contributed by atoms with Gasteiger partial charge in [0.05, 0.1) is 22.3 Å². The molecule has 3 aromatic carbocycles. The number of benzene rings is 3. The molecule has 5 aromatic rings. The van der Waals surface area contributed by atoms with Crippen LogP contribution < -0.4 is 0 Å². The summed E-state index contributed by atoms with van der Waals surface area (Å²) in [6, 6.07) is 30.0. The van der Waals surface area contributed by atoms with Crippen LogP contribution in [0.15, 0.2) is 90.0 Å². The second kappa shape index (κ2) is 8.93. The van der Waals surface area contributed by atoms with Crippen LogP contribution in [-0.2, 0) is 0 Å². The van der Waals surface area contributed by atoms with Crippen molar-refractivity contribution < 1.29 is 4.79 Å². The van der Waals surface area contributed by atoms with E-state index in [1.54, 1.807) is 6.07 Å². The number of hydrogen-bond acceptors (Lipinski definition) is 4. The maximum Gasteiger partial charge on any atom is 0.232 e. The number of hydrogen-bond donors (Lipinski definition) is 0. The molecule has 0 aliphatic rings. The van der Waals surface area contributed by atoms with Gasteiger partial charge in [-0.2, -0.15) is 5.26 Å². The Kier molecular flexibility index (Phi) is 5.68. The number of thioether (sulfide) groups is 1. The molecule has 0 saturated heterocycles. The lowest BCUT2D eigenvalue weighted by Crippen LogP contribution is -2.11. The fourth-order valence-electron chi connectivity index (χ4n) is 4.06. The van der Waals surface area contributed by atoms with E-state index in [1.807, 2.05) is 78.2 Å². The Labute approximate surface area is 196 Å². The molecule has 5 rings (SSSR count). The first kappa shape index (κ1) is 21.0. The molecule has 5 heteroatoms. The maximum atomic E-state index is 13.3. The van der Waals surface area contributed by atoms with Gasteiger partial charge < -0.3 is 0 Å². The third-order valence-corrected chi connectivity index (χ3v) is 6.71. The molecular weight excluding hydrogens is 426 g/mol. The van der Waals surface area contributed by atoms with Gasteiger partial charge >= 0.3 is 0 Å². The SMILES string of the molecule is Cc1ccc(-c2ccc(C#N)c(SCCC(=O)n3c4ccccc4c4ccccc43)n2)cc1. The van der Waals surface area contributed by atoms with E-state index in [0.717, 1.165) is 33.1 Å². The smallest absolute Gasteiger partial charge is 0.232 e. The van der Waals surface area contributed by atoms with Gasteiger partial charge in [0.25, 0.3) is 0 Å². The highest BCUT2D eigenvalue weighted by Crippen LogP contribution is 2.30. The number of pyridine rings is 1. The Morgan fingerprint density at radius 3 is 2.18 bits per heavy atom. The number of nitrogens with zero attached hydrogens (tertiary/aromatic N) is 3. The number of aromatic nitrogens is 2. The molecule has 0 saturated carbocycles. The molecule has 0 aliphatic carbocycles. The summed E-state index contributed by atoms with van der Waals surface area (Å²) in [6.07, 6.45) is 0.342. The monoisotopic (exact) mass is 447 g/mol. The third-order valence-electron chi connectivity index (χ3n) is 5.71. The van der Waals surface area contributed by atoms with Crippen molar-refractivity contribution in [3.8, 4) is 17.3 Å². The van der Waals surface area contributed by atoms with Crippen molar-refractivity contribution in [2.75, 3.05) is 5.75 Å². The molecule has 160 valence electrons.